The molecule has 3 nitrogen and oxygen atoms in total. The molecule has 1 atom stereocenters. The molecule has 0 aliphatic heterocycles. The SMILES string of the molecule is CCCCCCCCCC(CCCCCCS(=O)(=O)O)c1ccc(C)c(C)c1. The Balaban J connectivity index is 2.43. The molecule has 0 fully saturated rings. The molecule has 0 spiro atoms. The minimum atomic E-state index is -3.80. The van der Waals surface area contributed by atoms with Crippen LogP contribution >= 0.6 is 0 Å². The molecule has 1 rings (SSSR count). The van der Waals surface area contributed by atoms with Crippen LogP contribution in [-0.4, -0.2) is 18.7 Å². The van der Waals surface area contributed by atoms with Crippen molar-refractivity contribution in [2.24, 2.45) is 0 Å². The molecule has 1 unspecified atom stereocenters. The lowest BCUT2D eigenvalue weighted by Crippen LogP contribution is -2.04. The largest absolute Gasteiger partial charge is 0.286 e. The molecular formula is C24H42O3S. The van der Waals surface area contributed by atoms with E-state index in [0.717, 1.165) is 19.3 Å². The monoisotopic (exact) mass is 410 g/mol. The summed E-state index contributed by atoms with van der Waals surface area (Å²) in [6.45, 7) is 6.62. The molecule has 0 radical (unpaired) electrons. The van der Waals surface area contributed by atoms with Crippen molar-refractivity contribution in [3.8, 4) is 0 Å². The topological polar surface area (TPSA) is 54.4 Å². The van der Waals surface area contributed by atoms with Crippen LogP contribution in [0.1, 0.15) is 113 Å². The second kappa shape index (κ2) is 14.2. The van der Waals surface area contributed by atoms with E-state index in [1.165, 1.54) is 74.5 Å². The summed E-state index contributed by atoms with van der Waals surface area (Å²) in [7, 11) is -3.80. The van der Waals surface area contributed by atoms with Crippen LogP contribution in [0.5, 0.6) is 0 Å². The van der Waals surface area contributed by atoms with Crippen molar-refractivity contribution in [1.29, 1.82) is 0 Å². The van der Waals surface area contributed by atoms with Gasteiger partial charge in [-0.15, -0.1) is 0 Å². The first kappa shape index (κ1) is 25.2. The summed E-state index contributed by atoms with van der Waals surface area (Å²) in [4.78, 5) is 0. The fourth-order valence-corrected chi connectivity index (χ4v) is 4.44. The van der Waals surface area contributed by atoms with Gasteiger partial charge < -0.3 is 0 Å². The highest BCUT2D eigenvalue weighted by Gasteiger charge is 2.12. The molecule has 1 aromatic rings. The number of benzene rings is 1. The summed E-state index contributed by atoms with van der Waals surface area (Å²) in [6, 6.07) is 6.90. The smallest absolute Gasteiger partial charge is 0.264 e. The average molecular weight is 411 g/mol. The maximum absolute atomic E-state index is 10.8. The zero-order chi connectivity index (χ0) is 20.8. The van der Waals surface area contributed by atoms with E-state index in [0.29, 0.717) is 12.3 Å². The van der Waals surface area contributed by atoms with Crippen molar-refractivity contribution < 1.29 is 13.0 Å². The van der Waals surface area contributed by atoms with Crippen molar-refractivity contribution in [2.45, 2.75) is 110 Å². The molecule has 1 N–H and O–H groups in total. The molecule has 0 bridgehead atoms. The normalized spacial score (nSPS) is 13.0. The Morgan fingerprint density at radius 3 is 1.86 bits per heavy atom. The summed E-state index contributed by atoms with van der Waals surface area (Å²) >= 11 is 0. The minimum absolute atomic E-state index is 0.106. The van der Waals surface area contributed by atoms with Crippen LogP contribution in [0.4, 0.5) is 0 Å². The van der Waals surface area contributed by atoms with Gasteiger partial charge in [-0.2, -0.15) is 8.42 Å². The van der Waals surface area contributed by atoms with E-state index in [1.54, 1.807) is 0 Å². The zero-order valence-electron chi connectivity index (χ0n) is 18.4. The first-order chi connectivity index (χ1) is 13.3. The predicted molar refractivity (Wildman–Crippen MR) is 121 cm³/mol. The van der Waals surface area contributed by atoms with Gasteiger partial charge in [0.1, 0.15) is 0 Å². The van der Waals surface area contributed by atoms with Gasteiger partial charge in [-0.1, -0.05) is 89.3 Å². The Morgan fingerprint density at radius 1 is 0.786 bits per heavy atom. The Kier molecular flexibility index (Phi) is 12.7. The Bertz CT molecular complexity index is 637. The molecule has 0 aromatic heterocycles. The summed E-state index contributed by atoms with van der Waals surface area (Å²) in [6.07, 6.45) is 15.4. The highest BCUT2D eigenvalue weighted by atomic mass is 32.2. The van der Waals surface area contributed by atoms with Crippen LogP contribution in [0, 0.1) is 13.8 Å². The molecule has 0 aliphatic rings. The van der Waals surface area contributed by atoms with Gasteiger partial charge in [0, 0.05) is 0 Å². The second-order valence-corrected chi connectivity index (χ2v) is 10.0. The lowest BCUT2D eigenvalue weighted by atomic mass is 9.87. The van der Waals surface area contributed by atoms with E-state index in [1.807, 2.05) is 0 Å². The van der Waals surface area contributed by atoms with E-state index in [2.05, 4.69) is 39.0 Å². The first-order valence-corrected chi connectivity index (χ1v) is 13.0. The summed E-state index contributed by atoms with van der Waals surface area (Å²) in [5.74, 6) is 0.502. The number of aryl methyl sites for hydroxylation is 2. The standard InChI is InChI=1S/C24H42O3S/c1-4-5-6-7-8-9-12-15-23(24-18-17-21(2)22(3)20-24)16-13-10-11-14-19-28(25,26)27/h17-18,20,23H,4-16,19H2,1-3H3,(H,25,26,27). The Morgan fingerprint density at radius 2 is 1.32 bits per heavy atom. The third kappa shape index (κ3) is 11.9. The lowest BCUT2D eigenvalue weighted by molar-refractivity contribution is 0.474. The zero-order valence-corrected chi connectivity index (χ0v) is 19.2. The minimum Gasteiger partial charge on any atom is -0.286 e. The van der Waals surface area contributed by atoms with Gasteiger partial charge in [0.15, 0.2) is 0 Å². The van der Waals surface area contributed by atoms with Gasteiger partial charge in [0.2, 0.25) is 0 Å². The highest BCUT2D eigenvalue weighted by Crippen LogP contribution is 2.30. The van der Waals surface area contributed by atoms with Gasteiger partial charge in [0.05, 0.1) is 5.75 Å². The second-order valence-electron chi connectivity index (χ2n) is 8.44. The number of hydrogen-bond donors (Lipinski definition) is 1. The maximum atomic E-state index is 10.8. The van der Waals surface area contributed by atoms with Crippen LogP contribution in [0.2, 0.25) is 0 Å². The third-order valence-electron chi connectivity index (χ3n) is 5.86. The van der Waals surface area contributed by atoms with Crippen LogP contribution in [-0.2, 0) is 10.1 Å². The van der Waals surface area contributed by atoms with E-state index in [4.69, 9.17) is 4.55 Å². The van der Waals surface area contributed by atoms with Crippen molar-refractivity contribution in [3.05, 3.63) is 34.9 Å². The van der Waals surface area contributed by atoms with Crippen molar-refractivity contribution in [1.82, 2.24) is 0 Å². The average Bonchev–Trinajstić information content (AvgIpc) is 2.63. The molecule has 0 saturated carbocycles. The maximum Gasteiger partial charge on any atom is 0.264 e. The molecule has 0 saturated heterocycles. The highest BCUT2D eigenvalue weighted by molar-refractivity contribution is 7.85. The summed E-state index contributed by atoms with van der Waals surface area (Å²) in [5, 5.41) is 0. The molecular weight excluding hydrogens is 368 g/mol. The molecule has 1 aromatic carbocycles. The van der Waals surface area contributed by atoms with Crippen LogP contribution < -0.4 is 0 Å². The first-order valence-electron chi connectivity index (χ1n) is 11.4. The van der Waals surface area contributed by atoms with Crippen LogP contribution in [0.25, 0.3) is 0 Å². The van der Waals surface area contributed by atoms with E-state index >= 15 is 0 Å². The fraction of sp³-hybridized carbons (Fsp3) is 0.750. The predicted octanol–water partition coefficient (Wildman–Crippen LogP) is 7.37. The van der Waals surface area contributed by atoms with Crippen LogP contribution in [0.15, 0.2) is 18.2 Å². The van der Waals surface area contributed by atoms with Gasteiger partial charge in [-0.05, 0) is 55.7 Å². The molecule has 0 amide bonds. The summed E-state index contributed by atoms with van der Waals surface area (Å²) < 4.78 is 30.4. The molecule has 28 heavy (non-hydrogen) atoms. The third-order valence-corrected chi connectivity index (χ3v) is 6.67. The van der Waals surface area contributed by atoms with Crippen molar-refractivity contribution >= 4 is 10.1 Å². The quantitative estimate of drug-likeness (QED) is 0.229. The lowest BCUT2D eigenvalue weighted by Gasteiger charge is -2.19. The van der Waals surface area contributed by atoms with E-state index < -0.39 is 10.1 Å². The van der Waals surface area contributed by atoms with Gasteiger partial charge in [0.25, 0.3) is 10.1 Å². The number of hydrogen-bond acceptors (Lipinski definition) is 2. The van der Waals surface area contributed by atoms with Gasteiger partial charge >= 0.3 is 0 Å². The fourth-order valence-electron chi connectivity index (χ4n) is 3.87. The molecule has 0 aliphatic carbocycles. The molecule has 162 valence electrons. The summed E-state index contributed by atoms with van der Waals surface area (Å²) in [5.41, 5.74) is 4.19. The van der Waals surface area contributed by atoms with Crippen molar-refractivity contribution in [2.75, 3.05) is 5.75 Å². The van der Waals surface area contributed by atoms with E-state index in [-0.39, 0.29) is 5.75 Å². The molecule has 0 heterocycles. The van der Waals surface area contributed by atoms with Gasteiger partial charge in [-0.3, -0.25) is 4.55 Å². The number of rotatable bonds is 16. The number of unbranched alkanes of at least 4 members (excludes halogenated alkanes) is 9. The Hall–Kier alpha value is -0.870. The van der Waals surface area contributed by atoms with Crippen LogP contribution in [0.3, 0.4) is 0 Å². The Labute approximate surface area is 174 Å². The van der Waals surface area contributed by atoms with Gasteiger partial charge in [-0.25, -0.2) is 0 Å². The van der Waals surface area contributed by atoms with Crippen molar-refractivity contribution in [3.63, 3.8) is 0 Å². The van der Waals surface area contributed by atoms with E-state index in [9.17, 15) is 8.42 Å². The molecule has 4 heteroatoms.